The SMILES string of the molecule is CC1CCCCC1n1cnc2cc(N)ccc21. The second kappa shape index (κ2) is 4.06. The topological polar surface area (TPSA) is 43.8 Å². The number of imidazole rings is 1. The highest BCUT2D eigenvalue weighted by Gasteiger charge is 2.23. The van der Waals surface area contributed by atoms with Gasteiger partial charge in [-0.15, -0.1) is 0 Å². The summed E-state index contributed by atoms with van der Waals surface area (Å²) in [5.41, 5.74) is 8.82. The lowest BCUT2D eigenvalue weighted by molar-refractivity contribution is 0.262. The van der Waals surface area contributed by atoms with Gasteiger partial charge in [0.1, 0.15) is 0 Å². The van der Waals surface area contributed by atoms with E-state index in [0.29, 0.717) is 6.04 Å². The second-order valence-corrected chi connectivity index (χ2v) is 5.23. The zero-order valence-corrected chi connectivity index (χ0v) is 10.3. The molecule has 2 atom stereocenters. The second-order valence-electron chi connectivity index (χ2n) is 5.23. The fourth-order valence-corrected chi connectivity index (χ4v) is 3.02. The molecular formula is C14H19N3. The Kier molecular flexibility index (Phi) is 2.54. The van der Waals surface area contributed by atoms with E-state index < -0.39 is 0 Å². The van der Waals surface area contributed by atoms with E-state index in [0.717, 1.165) is 17.1 Å². The van der Waals surface area contributed by atoms with Gasteiger partial charge in [0.2, 0.25) is 0 Å². The molecule has 2 unspecified atom stereocenters. The van der Waals surface area contributed by atoms with Crippen LogP contribution in [0.3, 0.4) is 0 Å². The van der Waals surface area contributed by atoms with Crippen molar-refractivity contribution < 1.29 is 0 Å². The molecule has 1 aliphatic carbocycles. The molecule has 0 spiro atoms. The van der Waals surface area contributed by atoms with Crippen molar-refractivity contribution in [3.63, 3.8) is 0 Å². The van der Waals surface area contributed by atoms with E-state index in [4.69, 9.17) is 5.73 Å². The largest absolute Gasteiger partial charge is 0.399 e. The molecule has 2 aromatic rings. The summed E-state index contributed by atoms with van der Waals surface area (Å²) < 4.78 is 2.35. The van der Waals surface area contributed by atoms with Crippen LogP contribution >= 0.6 is 0 Å². The minimum Gasteiger partial charge on any atom is -0.399 e. The van der Waals surface area contributed by atoms with E-state index in [-0.39, 0.29) is 0 Å². The zero-order valence-electron chi connectivity index (χ0n) is 10.3. The minimum absolute atomic E-state index is 0.609. The van der Waals surface area contributed by atoms with Gasteiger partial charge in [-0.05, 0) is 37.0 Å². The first-order valence-electron chi connectivity index (χ1n) is 6.48. The zero-order chi connectivity index (χ0) is 11.8. The Labute approximate surface area is 102 Å². The molecular weight excluding hydrogens is 210 g/mol. The molecule has 1 fully saturated rings. The molecule has 0 bridgehead atoms. The van der Waals surface area contributed by atoms with Crippen molar-refractivity contribution in [2.45, 2.75) is 38.6 Å². The average Bonchev–Trinajstić information content (AvgIpc) is 2.72. The predicted octanol–water partition coefficient (Wildman–Crippen LogP) is 3.37. The van der Waals surface area contributed by atoms with Crippen LogP contribution in [0.4, 0.5) is 5.69 Å². The lowest BCUT2D eigenvalue weighted by Crippen LogP contribution is -2.20. The van der Waals surface area contributed by atoms with Crippen molar-refractivity contribution >= 4 is 16.7 Å². The number of hydrogen-bond acceptors (Lipinski definition) is 2. The predicted molar refractivity (Wildman–Crippen MR) is 70.8 cm³/mol. The van der Waals surface area contributed by atoms with E-state index in [1.807, 2.05) is 18.5 Å². The van der Waals surface area contributed by atoms with Crippen LogP contribution in [0.5, 0.6) is 0 Å². The van der Waals surface area contributed by atoms with Crippen LogP contribution in [0, 0.1) is 5.92 Å². The number of benzene rings is 1. The molecule has 0 radical (unpaired) electrons. The Bertz CT molecular complexity index is 529. The maximum absolute atomic E-state index is 5.79. The average molecular weight is 229 g/mol. The standard InChI is InChI=1S/C14H19N3/c1-10-4-2-3-5-13(10)17-9-16-12-8-11(15)6-7-14(12)17/h6-10,13H,2-5,15H2,1H3. The van der Waals surface area contributed by atoms with Crippen LogP contribution in [-0.2, 0) is 0 Å². The van der Waals surface area contributed by atoms with E-state index in [1.165, 1.54) is 31.2 Å². The van der Waals surface area contributed by atoms with Gasteiger partial charge in [0, 0.05) is 11.7 Å². The van der Waals surface area contributed by atoms with Gasteiger partial charge < -0.3 is 10.3 Å². The molecule has 0 amide bonds. The minimum atomic E-state index is 0.609. The highest BCUT2D eigenvalue weighted by Crippen LogP contribution is 2.35. The first-order chi connectivity index (χ1) is 8.25. The molecule has 1 aromatic heterocycles. The van der Waals surface area contributed by atoms with Gasteiger partial charge in [0.05, 0.1) is 17.4 Å². The molecule has 90 valence electrons. The molecule has 1 aromatic carbocycles. The third kappa shape index (κ3) is 1.79. The summed E-state index contributed by atoms with van der Waals surface area (Å²) in [4.78, 5) is 4.47. The first-order valence-corrected chi connectivity index (χ1v) is 6.48. The number of nitrogens with two attached hydrogens (primary N) is 1. The summed E-state index contributed by atoms with van der Waals surface area (Å²) in [5, 5.41) is 0. The number of anilines is 1. The van der Waals surface area contributed by atoms with Crippen molar-refractivity contribution in [3.05, 3.63) is 24.5 Å². The Balaban J connectivity index is 2.05. The molecule has 0 saturated heterocycles. The summed E-state index contributed by atoms with van der Waals surface area (Å²) >= 11 is 0. The quantitative estimate of drug-likeness (QED) is 0.762. The third-order valence-corrected chi connectivity index (χ3v) is 4.02. The number of fused-ring (bicyclic) bond motifs is 1. The maximum Gasteiger partial charge on any atom is 0.0961 e. The molecule has 3 nitrogen and oxygen atoms in total. The summed E-state index contributed by atoms with van der Waals surface area (Å²) in [6.07, 6.45) is 7.30. The summed E-state index contributed by atoms with van der Waals surface area (Å²) in [6.45, 7) is 2.35. The van der Waals surface area contributed by atoms with Crippen molar-refractivity contribution in [1.29, 1.82) is 0 Å². The Morgan fingerprint density at radius 3 is 2.94 bits per heavy atom. The van der Waals surface area contributed by atoms with Gasteiger partial charge in [-0.3, -0.25) is 0 Å². The summed E-state index contributed by atoms with van der Waals surface area (Å²) in [5.74, 6) is 0.749. The molecule has 17 heavy (non-hydrogen) atoms. The first kappa shape index (κ1) is 10.6. The van der Waals surface area contributed by atoms with Crippen molar-refractivity contribution in [2.75, 3.05) is 5.73 Å². The van der Waals surface area contributed by atoms with Crippen molar-refractivity contribution in [3.8, 4) is 0 Å². The number of aromatic nitrogens is 2. The fraction of sp³-hybridized carbons (Fsp3) is 0.500. The number of rotatable bonds is 1. The van der Waals surface area contributed by atoms with Gasteiger partial charge in [0.25, 0.3) is 0 Å². The Morgan fingerprint density at radius 1 is 1.29 bits per heavy atom. The highest BCUT2D eigenvalue weighted by molar-refractivity contribution is 5.79. The van der Waals surface area contributed by atoms with Gasteiger partial charge >= 0.3 is 0 Å². The van der Waals surface area contributed by atoms with E-state index in [1.54, 1.807) is 0 Å². The van der Waals surface area contributed by atoms with Crippen LogP contribution in [0.15, 0.2) is 24.5 Å². The van der Waals surface area contributed by atoms with Gasteiger partial charge in [-0.2, -0.15) is 0 Å². The fourth-order valence-electron chi connectivity index (χ4n) is 3.02. The normalized spacial score (nSPS) is 25.2. The molecule has 0 aliphatic heterocycles. The third-order valence-electron chi connectivity index (χ3n) is 4.02. The van der Waals surface area contributed by atoms with E-state index in [9.17, 15) is 0 Å². The summed E-state index contributed by atoms with van der Waals surface area (Å²) in [6, 6.07) is 6.63. The Morgan fingerprint density at radius 2 is 2.12 bits per heavy atom. The van der Waals surface area contributed by atoms with Crippen LogP contribution in [0.1, 0.15) is 38.6 Å². The smallest absolute Gasteiger partial charge is 0.0961 e. The number of nitrogen functional groups attached to an aromatic ring is 1. The molecule has 2 N–H and O–H groups in total. The molecule has 1 saturated carbocycles. The van der Waals surface area contributed by atoms with Crippen molar-refractivity contribution in [1.82, 2.24) is 9.55 Å². The Hall–Kier alpha value is -1.51. The monoisotopic (exact) mass is 229 g/mol. The van der Waals surface area contributed by atoms with Gasteiger partial charge in [0.15, 0.2) is 0 Å². The molecule has 3 rings (SSSR count). The lowest BCUT2D eigenvalue weighted by Gasteiger charge is -2.30. The lowest BCUT2D eigenvalue weighted by atomic mass is 9.86. The highest BCUT2D eigenvalue weighted by atomic mass is 15.1. The summed E-state index contributed by atoms with van der Waals surface area (Å²) in [7, 11) is 0. The van der Waals surface area contributed by atoms with Gasteiger partial charge in [-0.1, -0.05) is 19.8 Å². The van der Waals surface area contributed by atoms with Crippen LogP contribution < -0.4 is 5.73 Å². The van der Waals surface area contributed by atoms with Crippen LogP contribution in [0.2, 0.25) is 0 Å². The number of nitrogens with zero attached hydrogens (tertiary/aromatic N) is 2. The molecule has 1 heterocycles. The molecule has 3 heteroatoms. The maximum atomic E-state index is 5.79. The van der Waals surface area contributed by atoms with E-state index >= 15 is 0 Å². The van der Waals surface area contributed by atoms with E-state index in [2.05, 4.69) is 22.5 Å². The number of hydrogen-bond donors (Lipinski definition) is 1. The molecule has 1 aliphatic rings. The van der Waals surface area contributed by atoms with Crippen LogP contribution in [-0.4, -0.2) is 9.55 Å². The van der Waals surface area contributed by atoms with Gasteiger partial charge in [-0.25, -0.2) is 4.98 Å². The van der Waals surface area contributed by atoms with Crippen molar-refractivity contribution in [2.24, 2.45) is 5.92 Å². The van der Waals surface area contributed by atoms with Crippen LogP contribution in [0.25, 0.3) is 11.0 Å².